The Balaban J connectivity index is 1.57. The summed E-state index contributed by atoms with van der Waals surface area (Å²) in [6.45, 7) is -0.369. The van der Waals surface area contributed by atoms with Gasteiger partial charge < -0.3 is 15.3 Å². The van der Waals surface area contributed by atoms with Crippen molar-refractivity contribution in [2.24, 2.45) is 0 Å². The van der Waals surface area contributed by atoms with Gasteiger partial charge in [-0.05, 0) is 29.8 Å². The zero-order valence-corrected chi connectivity index (χ0v) is 15.5. The predicted molar refractivity (Wildman–Crippen MR) is 97.7 cm³/mol. The number of alkyl halides is 3. The van der Waals surface area contributed by atoms with Crippen molar-refractivity contribution in [1.29, 1.82) is 0 Å². The fourth-order valence-electron chi connectivity index (χ4n) is 2.96. The highest BCUT2D eigenvalue weighted by Gasteiger charge is 2.35. The van der Waals surface area contributed by atoms with Crippen LogP contribution in [-0.4, -0.2) is 50.2 Å². The Bertz CT molecular complexity index is 982. The molecule has 0 fully saturated rings. The minimum absolute atomic E-state index is 0.00514. The van der Waals surface area contributed by atoms with Crippen molar-refractivity contribution in [2.75, 3.05) is 6.54 Å². The molecular formula is C19H17F3N4O4. The van der Waals surface area contributed by atoms with Crippen molar-refractivity contribution in [2.45, 2.75) is 25.3 Å². The average Bonchev–Trinajstić information content (AvgIpc) is 3.16. The van der Waals surface area contributed by atoms with E-state index in [9.17, 15) is 32.7 Å². The molecule has 0 aliphatic carbocycles. The highest BCUT2D eigenvalue weighted by atomic mass is 19.4. The molecule has 0 unspecified atom stereocenters. The molecule has 1 aliphatic heterocycles. The lowest BCUT2D eigenvalue weighted by Gasteiger charge is -2.33. The Kier molecular flexibility index (Phi) is 5.90. The number of aromatic nitrogens is 2. The summed E-state index contributed by atoms with van der Waals surface area (Å²) in [6, 6.07) is 4.79. The van der Waals surface area contributed by atoms with Crippen LogP contribution in [0.4, 0.5) is 13.2 Å². The summed E-state index contributed by atoms with van der Waals surface area (Å²) in [6.07, 6.45) is -0.550. The number of hydrogen-bond donors (Lipinski definition) is 2. The van der Waals surface area contributed by atoms with Gasteiger partial charge in [0.15, 0.2) is 0 Å². The van der Waals surface area contributed by atoms with E-state index in [1.165, 1.54) is 29.1 Å². The van der Waals surface area contributed by atoms with Crippen LogP contribution in [0.15, 0.2) is 42.6 Å². The number of carbonyl (C=O) groups excluding carboxylic acids is 2. The Labute approximate surface area is 168 Å². The van der Waals surface area contributed by atoms with Crippen LogP contribution in [0.1, 0.15) is 16.8 Å². The van der Waals surface area contributed by atoms with E-state index in [1.807, 2.05) is 0 Å². The maximum absolute atomic E-state index is 12.5. The van der Waals surface area contributed by atoms with Gasteiger partial charge in [0.05, 0.1) is 30.9 Å². The van der Waals surface area contributed by atoms with E-state index in [1.54, 1.807) is 6.07 Å². The molecule has 0 radical (unpaired) electrons. The normalized spacial score (nSPS) is 16.4. The van der Waals surface area contributed by atoms with E-state index < -0.39 is 42.1 Å². The second-order valence-electron chi connectivity index (χ2n) is 6.55. The fourth-order valence-corrected chi connectivity index (χ4v) is 2.96. The molecule has 8 nitrogen and oxygen atoms in total. The molecule has 1 aromatic carbocycles. The van der Waals surface area contributed by atoms with Crippen LogP contribution < -0.4 is 5.32 Å². The van der Waals surface area contributed by atoms with Crippen LogP contribution in [0, 0.1) is 0 Å². The highest BCUT2D eigenvalue weighted by molar-refractivity contribution is 5.95. The molecule has 1 atom stereocenters. The van der Waals surface area contributed by atoms with Crippen LogP contribution in [0.5, 0.6) is 0 Å². The summed E-state index contributed by atoms with van der Waals surface area (Å²) in [5, 5.41) is 15.7. The monoisotopic (exact) mass is 422 g/mol. The number of benzene rings is 1. The molecule has 0 bridgehead atoms. The highest BCUT2D eigenvalue weighted by Crippen LogP contribution is 2.29. The van der Waals surface area contributed by atoms with Crippen LogP contribution in [0.25, 0.3) is 6.08 Å². The van der Waals surface area contributed by atoms with Gasteiger partial charge in [-0.2, -0.15) is 18.3 Å². The summed E-state index contributed by atoms with van der Waals surface area (Å²) < 4.78 is 39.1. The average molecular weight is 422 g/mol. The Morgan fingerprint density at radius 3 is 2.53 bits per heavy atom. The third-order valence-corrected chi connectivity index (χ3v) is 4.54. The number of carbonyl (C=O) groups is 3. The third kappa shape index (κ3) is 4.85. The summed E-state index contributed by atoms with van der Waals surface area (Å²) in [5.41, 5.74) is 0.250. The smallest absolute Gasteiger partial charge is 0.416 e. The minimum atomic E-state index is -4.44. The van der Waals surface area contributed by atoms with Gasteiger partial charge in [-0.1, -0.05) is 12.1 Å². The molecule has 2 N–H and O–H groups in total. The van der Waals surface area contributed by atoms with Gasteiger partial charge in [0, 0.05) is 12.3 Å². The summed E-state index contributed by atoms with van der Waals surface area (Å²) in [7, 11) is 0. The Morgan fingerprint density at radius 1 is 1.20 bits per heavy atom. The van der Waals surface area contributed by atoms with Gasteiger partial charge >= 0.3 is 12.1 Å². The number of aliphatic carboxylic acids is 1. The van der Waals surface area contributed by atoms with E-state index in [-0.39, 0.29) is 13.1 Å². The summed E-state index contributed by atoms with van der Waals surface area (Å²) in [5.74, 6) is -2.40. The molecule has 1 aliphatic rings. The zero-order valence-electron chi connectivity index (χ0n) is 15.5. The van der Waals surface area contributed by atoms with Crippen molar-refractivity contribution in [1.82, 2.24) is 20.0 Å². The molecule has 30 heavy (non-hydrogen) atoms. The lowest BCUT2D eigenvalue weighted by Crippen LogP contribution is -2.53. The summed E-state index contributed by atoms with van der Waals surface area (Å²) >= 11 is 0. The molecule has 158 valence electrons. The number of carboxylic acids is 1. The number of amides is 2. The van der Waals surface area contributed by atoms with E-state index >= 15 is 0 Å². The first kappa shape index (κ1) is 21.1. The molecule has 1 aromatic heterocycles. The first-order valence-corrected chi connectivity index (χ1v) is 8.81. The van der Waals surface area contributed by atoms with E-state index in [0.717, 1.165) is 23.1 Å². The number of hydrogen-bond acceptors (Lipinski definition) is 4. The fraction of sp³-hybridized carbons (Fsp3) is 0.263. The van der Waals surface area contributed by atoms with Gasteiger partial charge in [-0.25, -0.2) is 4.79 Å². The first-order valence-electron chi connectivity index (χ1n) is 8.81. The molecule has 3 rings (SSSR count). The van der Waals surface area contributed by atoms with E-state index in [0.29, 0.717) is 11.3 Å². The van der Waals surface area contributed by atoms with E-state index in [4.69, 9.17) is 0 Å². The predicted octanol–water partition coefficient (Wildman–Crippen LogP) is 1.53. The number of fused-ring (bicyclic) bond motifs is 1. The van der Waals surface area contributed by atoms with Crippen LogP contribution in [-0.2, 0) is 33.6 Å². The minimum Gasteiger partial charge on any atom is -0.480 e. The standard InChI is InChI=1S/C19H17F3N4O4/c20-19(21,22)13-4-1-12(2-5-13)3-6-16(27)23-9-17(28)25-10-14-7-8-24-26(14)11-15(25)18(29)30/h1-8,15H,9-11H2,(H,23,27)(H,29,30)/b6-3+/t15-/m1/s1. The van der Waals surface area contributed by atoms with Gasteiger partial charge in [-0.15, -0.1) is 0 Å². The maximum atomic E-state index is 12.5. The Morgan fingerprint density at radius 2 is 1.90 bits per heavy atom. The number of nitrogens with zero attached hydrogens (tertiary/aromatic N) is 3. The lowest BCUT2D eigenvalue weighted by atomic mass is 10.1. The zero-order chi connectivity index (χ0) is 21.9. The van der Waals surface area contributed by atoms with Gasteiger partial charge in [0.1, 0.15) is 6.04 Å². The molecule has 2 heterocycles. The Hall–Kier alpha value is -3.63. The molecule has 0 saturated carbocycles. The molecular weight excluding hydrogens is 405 g/mol. The van der Waals surface area contributed by atoms with Crippen molar-refractivity contribution in [3.05, 3.63) is 59.4 Å². The molecule has 2 aromatic rings. The number of halogens is 3. The van der Waals surface area contributed by atoms with Gasteiger partial charge in [0.2, 0.25) is 11.8 Å². The third-order valence-electron chi connectivity index (χ3n) is 4.54. The van der Waals surface area contributed by atoms with Crippen molar-refractivity contribution < 1.29 is 32.7 Å². The lowest BCUT2D eigenvalue weighted by molar-refractivity contribution is -0.152. The second-order valence-corrected chi connectivity index (χ2v) is 6.55. The van der Waals surface area contributed by atoms with Crippen LogP contribution >= 0.6 is 0 Å². The maximum Gasteiger partial charge on any atom is 0.416 e. The van der Waals surface area contributed by atoms with E-state index in [2.05, 4.69) is 10.4 Å². The molecule has 2 amide bonds. The largest absolute Gasteiger partial charge is 0.480 e. The molecule has 0 spiro atoms. The topological polar surface area (TPSA) is 105 Å². The van der Waals surface area contributed by atoms with Gasteiger partial charge in [0.25, 0.3) is 0 Å². The second kappa shape index (κ2) is 8.39. The summed E-state index contributed by atoms with van der Waals surface area (Å²) in [4.78, 5) is 37.0. The molecule has 11 heteroatoms. The quantitative estimate of drug-likeness (QED) is 0.712. The van der Waals surface area contributed by atoms with Crippen molar-refractivity contribution in [3.8, 4) is 0 Å². The number of nitrogens with one attached hydrogen (secondary N) is 1. The van der Waals surface area contributed by atoms with Crippen molar-refractivity contribution >= 4 is 23.9 Å². The first-order chi connectivity index (χ1) is 14.1. The molecule has 0 saturated heterocycles. The SMILES string of the molecule is O=C(/C=C/c1ccc(C(F)(F)F)cc1)NCC(=O)N1Cc2ccnn2C[C@@H]1C(=O)O. The number of rotatable bonds is 5. The van der Waals surface area contributed by atoms with Crippen LogP contribution in [0.2, 0.25) is 0 Å². The van der Waals surface area contributed by atoms with Gasteiger partial charge in [-0.3, -0.25) is 14.3 Å². The van der Waals surface area contributed by atoms with Crippen LogP contribution in [0.3, 0.4) is 0 Å². The number of carboxylic acid groups (broad SMARTS) is 1. The van der Waals surface area contributed by atoms with Crippen molar-refractivity contribution in [3.63, 3.8) is 0 Å².